The lowest BCUT2D eigenvalue weighted by atomic mass is 9.84. The van der Waals surface area contributed by atoms with Crippen LogP contribution in [0.4, 0.5) is 0 Å². The highest BCUT2D eigenvalue weighted by Crippen LogP contribution is 2.33. The number of nitrogens with two attached hydrogens (primary N) is 1. The molecule has 21 heavy (non-hydrogen) atoms. The fourth-order valence-electron chi connectivity index (χ4n) is 3.74. The number of nitrogens with zero attached hydrogens (tertiary/aromatic N) is 1. The fourth-order valence-corrected chi connectivity index (χ4v) is 3.74. The molecule has 0 aromatic carbocycles. The first-order chi connectivity index (χ1) is 10.2. The molecule has 5 nitrogen and oxygen atoms in total. The molecule has 0 spiro atoms. The van der Waals surface area contributed by atoms with E-state index < -0.39 is 0 Å². The van der Waals surface area contributed by atoms with Crippen molar-refractivity contribution in [3.05, 3.63) is 24.2 Å². The van der Waals surface area contributed by atoms with Crippen molar-refractivity contribution < 1.29 is 9.21 Å². The summed E-state index contributed by atoms with van der Waals surface area (Å²) in [4.78, 5) is 14.0. The molecular formula is C16H25N3O2. The van der Waals surface area contributed by atoms with E-state index in [4.69, 9.17) is 10.2 Å². The third-order valence-electron chi connectivity index (χ3n) is 4.96. The summed E-state index contributed by atoms with van der Waals surface area (Å²) in [5.74, 6) is 1.71. The standard InChI is InChI=1S/C16H25N3O2/c1-2-12(17)16(14-4-3-9-21-14)19-8-7-13-11(10-19)5-6-15(20)18-13/h3-4,9,11-13,16H,2,5-8,10,17H2,1H3,(H,18,20). The molecule has 3 heterocycles. The molecule has 2 aliphatic rings. The first-order valence-electron chi connectivity index (χ1n) is 8.01. The van der Waals surface area contributed by atoms with Crippen molar-refractivity contribution in [3.8, 4) is 0 Å². The summed E-state index contributed by atoms with van der Waals surface area (Å²) >= 11 is 0. The van der Waals surface area contributed by atoms with E-state index >= 15 is 0 Å². The third-order valence-corrected chi connectivity index (χ3v) is 4.96. The Morgan fingerprint density at radius 2 is 2.38 bits per heavy atom. The number of likely N-dealkylation sites (tertiary alicyclic amines) is 1. The second-order valence-electron chi connectivity index (χ2n) is 6.29. The van der Waals surface area contributed by atoms with Crippen LogP contribution in [-0.4, -0.2) is 36.0 Å². The maximum atomic E-state index is 11.5. The van der Waals surface area contributed by atoms with E-state index in [1.807, 2.05) is 12.1 Å². The second kappa shape index (κ2) is 6.20. The van der Waals surface area contributed by atoms with E-state index in [-0.39, 0.29) is 18.0 Å². The molecule has 1 amide bonds. The summed E-state index contributed by atoms with van der Waals surface area (Å²) in [6.07, 6.45) is 5.29. The average molecular weight is 291 g/mol. The highest BCUT2D eigenvalue weighted by molar-refractivity contribution is 5.77. The molecule has 4 atom stereocenters. The minimum Gasteiger partial charge on any atom is -0.468 e. The van der Waals surface area contributed by atoms with Crippen LogP contribution in [0.1, 0.15) is 44.4 Å². The molecule has 0 radical (unpaired) electrons. The SMILES string of the molecule is CCC(N)C(c1ccco1)N1CCC2NC(=O)CCC2C1. The summed E-state index contributed by atoms with van der Waals surface area (Å²) in [6.45, 7) is 4.07. The highest BCUT2D eigenvalue weighted by atomic mass is 16.3. The van der Waals surface area contributed by atoms with E-state index in [2.05, 4.69) is 17.1 Å². The van der Waals surface area contributed by atoms with Gasteiger partial charge >= 0.3 is 0 Å². The van der Waals surface area contributed by atoms with Crippen LogP contribution < -0.4 is 11.1 Å². The number of hydrogen-bond donors (Lipinski definition) is 2. The van der Waals surface area contributed by atoms with E-state index in [0.29, 0.717) is 18.4 Å². The van der Waals surface area contributed by atoms with Crippen LogP contribution >= 0.6 is 0 Å². The number of fused-ring (bicyclic) bond motifs is 1. The lowest BCUT2D eigenvalue weighted by Crippen LogP contribution is -2.56. The zero-order valence-corrected chi connectivity index (χ0v) is 12.6. The summed E-state index contributed by atoms with van der Waals surface area (Å²) in [5.41, 5.74) is 6.36. The predicted molar refractivity (Wildman–Crippen MR) is 80.6 cm³/mol. The van der Waals surface area contributed by atoms with Gasteiger partial charge in [-0.25, -0.2) is 0 Å². The maximum Gasteiger partial charge on any atom is 0.220 e. The van der Waals surface area contributed by atoms with Gasteiger partial charge < -0.3 is 15.5 Å². The molecule has 1 aromatic rings. The largest absolute Gasteiger partial charge is 0.468 e. The van der Waals surface area contributed by atoms with Crippen LogP contribution in [0.25, 0.3) is 0 Å². The van der Waals surface area contributed by atoms with E-state index in [1.54, 1.807) is 6.26 Å². The normalized spacial score (nSPS) is 29.5. The number of hydrogen-bond acceptors (Lipinski definition) is 4. The van der Waals surface area contributed by atoms with Gasteiger partial charge in [0.05, 0.1) is 12.3 Å². The van der Waals surface area contributed by atoms with Gasteiger partial charge in [-0.15, -0.1) is 0 Å². The Hall–Kier alpha value is -1.33. The van der Waals surface area contributed by atoms with E-state index in [9.17, 15) is 4.79 Å². The summed E-state index contributed by atoms with van der Waals surface area (Å²) in [7, 11) is 0. The van der Waals surface area contributed by atoms with Crippen molar-refractivity contribution in [1.82, 2.24) is 10.2 Å². The number of piperidine rings is 2. The molecule has 2 saturated heterocycles. The molecule has 3 rings (SSSR count). The molecule has 116 valence electrons. The molecule has 2 fully saturated rings. The van der Waals surface area contributed by atoms with Gasteiger partial charge in [0.1, 0.15) is 5.76 Å². The fraction of sp³-hybridized carbons (Fsp3) is 0.688. The van der Waals surface area contributed by atoms with Crippen LogP contribution in [0.3, 0.4) is 0 Å². The van der Waals surface area contributed by atoms with Gasteiger partial charge in [0, 0.05) is 31.6 Å². The zero-order valence-electron chi connectivity index (χ0n) is 12.6. The molecule has 0 aliphatic carbocycles. The van der Waals surface area contributed by atoms with E-state index in [1.165, 1.54) is 0 Å². The van der Waals surface area contributed by atoms with Crippen molar-refractivity contribution >= 4 is 5.91 Å². The first-order valence-corrected chi connectivity index (χ1v) is 8.01. The van der Waals surface area contributed by atoms with Gasteiger partial charge in [0.2, 0.25) is 5.91 Å². The molecule has 4 unspecified atom stereocenters. The van der Waals surface area contributed by atoms with Gasteiger partial charge in [-0.3, -0.25) is 9.69 Å². The van der Waals surface area contributed by atoms with Crippen LogP contribution in [0, 0.1) is 5.92 Å². The molecule has 0 saturated carbocycles. The lowest BCUT2D eigenvalue weighted by Gasteiger charge is -2.45. The number of carbonyl (C=O) groups excluding carboxylic acids is 1. The minimum absolute atomic E-state index is 0.0749. The smallest absolute Gasteiger partial charge is 0.220 e. The molecule has 5 heteroatoms. The van der Waals surface area contributed by atoms with Gasteiger partial charge in [0.15, 0.2) is 0 Å². The number of furan rings is 1. The summed E-state index contributed by atoms with van der Waals surface area (Å²) < 4.78 is 5.63. The van der Waals surface area contributed by atoms with Gasteiger partial charge in [-0.1, -0.05) is 6.92 Å². The molecule has 0 bridgehead atoms. The number of carbonyl (C=O) groups is 1. The van der Waals surface area contributed by atoms with Crippen LogP contribution in [0.15, 0.2) is 22.8 Å². The topological polar surface area (TPSA) is 71.5 Å². The Bertz CT molecular complexity index is 474. The maximum absolute atomic E-state index is 11.5. The average Bonchev–Trinajstić information content (AvgIpc) is 3.01. The second-order valence-corrected chi connectivity index (χ2v) is 6.29. The Labute approximate surface area is 125 Å². The van der Waals surface area contributed by atoms with Crippen LogP contribution in [0.2, 0.25) is 0 Å². The number of rotatable bonds is 4. The monoisotopic (exact) mass is 291 g/mol. The van der Waals surface area contributed by atoms with Crippen molar-refractivity contribution in [2.75, 3.05) is 13.1 Å². The third kappa shape index (κ3) is 2.99. The van der Waals surface area contributed by atoms with Crippen LogP contribution in [-0.2, 0) is 4.79 Å². The molecule has 1 aromatic heterocycles. The van der Waals surface area contributed by atoms with Crippen molar-refractivity contribution in [1.29, 1.82) is 0 Å². The Balaban J connectivity index is 1.74. The minimum atomic E-state index is 0.0749. The molecule has 2 aliphatic heterocycles. The zero-order chi connectivity index (χ0) is 14.8. The summed E-state index contributed by atoms with van der Waals surface area (Å²) in [5, 5.41) is 3.14. The predicted octanol–water partition coefficient (Wildman–Crippen LogP) is 1.66. The van der Waals surface area contributed by atoms with Crippen molar-refractivity contribution in [3.63, 3.8) is 0 Å². The van der Waals surface area contributed by atoms with Crippen molar-refractivity contribution in [2.24, 2.45) is 11.7 Å². The van der Waals surface area contributed by atoms with Gasteiger partial charge in [0.25, 0.3) is 0 Å². The Morgan fingerprint density at radius 1 is 1.52 bits per heavy atom. The quantitative estimate of drug-likeness (QED) is 0.885. The first kappa shape index (κ1) is 14.6. The highest BCUT2D eigenvalue weighted by Gasteiger charge is 2.38. The lowest BCUT2D eigenvalue weighted by molar-refractivity contribution is -0.125. The number of nitrogens with one attached hydrogen (secondary N) is 1. The van der Waals surface area contributed by atoms with E-state index in [0.717, 1.165) is 38.1 Å². The van der Waals surface area contributed by atoms with Crippen LogP contribution in [0.5, 0.6) is 0 Å². The Kier molecular flexibility index (Phi) is 4.31. The van der Waals surface area contributed by atoms with Gasteiger partial charge in [-0.05, 0) is 37.3 Å². The molecular weight excluding hydrogens is 266 g/mol. The summed E-state index contributed by atoms with van der Waals surface area (Å²) in [6, 6.07) is 4.51. The number of amides is 1. The molecule has 3 N–H and O–H groups in total. The van der Waals surface area contributed by atoms with Crippen molar-refractivity contribution in [2.45, 2.75) is 50.7 Å². The Morgan fingerprint density at radius 3 is 3.10 bits per heavy atom. The van der Waals surface area contributed by atoms with Gasteiger partial charge in [-0.2, -0.15) is 0 Å².